The van der Waals surface area contributed by atoms with Crippen LogP contribution in [0.4, 0.5) is 0 Å². The maximum absolute atomic E-state index is 14.0. The van der Waals surface area contributed by atoms with Gasteiger partial charge in [0.2, 0.25) is 11.7 Å². The molecule has 3 fully saturated rings. The van der Waals surface area contributed by atoms with Gasteiger partial charge in [-0.05, 0) is 79.7 Å². The molecule has 2 aliphatic heterocycles. The highest BCUT2D eigenvalue weighted by atomic mass is 16.7. The minimum Gasteiger partial charge on any atom is -0.492 e. The Kier molecular flexibility index (Phi) is 12.2. The highest BCUT2D eigenvalue weighted by molar-refractivity contribution is 6.03. The minimum atomic E-state index is -1.22. The third kappa shape index (κ3) is 8.36. The van der Waals surface area contributed by atoms with Crippen LogP contribution in [0, 0.1) is 23.7 Å². The molecule has 1 amide bonds. The van der Waals surface area contributed by atoms with E-state index >= 15 is 0 Å². The molecule has 0 bridgehead atoms. The fourth-order valence-electron chi connectivity index (χ4n) is 8.94. The Morgan fingerprint density at radius 2 is 1.85 bits per heavy atom. The Balaban J connectivity index is 1.37. The van der Waals surface area contributed by atoms with Crippen molar-refractivity contribution in [2.75, 3.05) is 53.1 Å². The Hall–Kier alpha value is -3.70. The third-order valence-electron chi connectivity index (χ3n) is 11.9. The van der Waals surface area contributed by atoms with Crippen LogP contribution in [0.3, 0.4) is 0 Å². The summed E-state index contributed by atoms with van der Waals surface area (Å²) in [6, 6.07) is 15.7. The van der Waals surface area contributed by atoms with E-state index in [1.165, 1.54) is 0 Å². The Morgan fingerprint density at radius 1 is 1.08 bits per heavy atom. The van der Waals surface area contributed by atoms with E-state index in [9.17, 15) is 15.0 Å². The monoisotopic (exact) mass is 727 g/mol. The van der Waals surface area contributed by atoms with Crippen LogP contribution in [-0.2, 0) is 21.0 Å². The number of oxime groups is 1. The number of allylic oxidation sites excluding steroid dienone is 1. The fraction of sp³-hybridized carbons (Fsp3) is 0.581. The number of benzene rings is 2. The number of aliphatic hydroxyl groups excluding tert-OH is 2. The minimum absolute atomic E-state index is 0.00921. The number of likely N-dealkylation sites (N-methyl/N-ethyl adjacent to an activating group) is 1. The molecular formula is C43H57N3O7. The van der Waals surface area contributed by atoms with E-state index in [0.29, 0.717) is 19.6 Å². The van der Waals surface area contributed by atoms with Gasteiger partial charge in [0, 0.05) is 63.7 Å². The Morgan fingerprint density at radius 3 is 2.57 bits per heavy atom. The van der Waals surface area contributed by atoms with Crippen molar-refractivity contribution in [2.45, 2.75) is 82.1 Å². The fourth-order valence-corrected chi connectivity index (χ4v) is 8.94. The number of nitrogens with zero attached hydrogens (tertiary/aromatic N) is 3. The van der Waals surface area contributed by atoms with Gasteiger partial charge in [-0.25, -0.2) is 0 Å². The number of unbranched alkanes of at least 4 members (excludes halogenated alkanes) is 2. The highest BCUT2D eigenvalue weighted by Crippen LogP contribution is 2.62. The normalized spacial score (nSPS) is 27.9. The van der Waals surface area contributed by atoms with Crippen LogP contribution in [0.1, 0.15) is 74.8 Å². The molecule has 2 saturated carbocycles. The number of rotatable bonds is 20. The van der Waals surface area contributed by atoms with E-state index < -0.39 is 11.8 Å². The number of amides is 1. The molecule has 2 aromatic rings. The molecule has 2 heterocycles. The van der Waals surface area contributed by atoms with Crippen molar-refractivity contribution in [3.8, 4) is 11.5 Å². The molecule has 6 atom stereocenters. The number of hydrogen-bond acceptors (Lipinski definition) is 9. The van der Waals surface area contributed by atoms with E-state index in [0.717, 1.165) is 105 Å². The van der Waals surface area contributed by atoms with Gasteiger partial charge in [0.25, 0.3) is 0 Å². The molecule has 2 aromatic carbocycles. The van der Waals surface area contributed by atoms with Crippen molar-refractivity contribution in [1.29, 1.82) is 0 Å². The largest absolute Gasteiger partial charge is 0.492 e. The lowest BCUT2D eigenvalue weighted by Crippen LogP contribution is -2.69. The second kappa shape index (κ2) is 17.2. The van der Waals surface area contributed by atoms with Crippen molar-refractivity contribution in [2.24, 2.45) is 28.8 Å². The van der Waals surface area contributed by atoms with E-state index in [4.69, 9.17) is 24.2 Å². The van der Waals surface area contributed by atoms with E-state index in [1.807, 2.05) is 54.4 Å². The summed E-state index contributed by atoms with van der Waals surface area (Å²) in [6.45, 7) is 8.64. The molecule has 286 valence electrons. The summed E-state index contributed by atoms with van der Waals surface area (Å²) in [6.07, 6.45) is 11.3. The van der Waals surface area contributed by atoms with Gasteiger partial charge >= 0.3 is 0 Å². The van der Waals surface area contributed by atoms with Gasteiger partial charge in [0.05, 0.1) is 18.2 Å². The van der Waals surface area contributed by atoms with Crippen LogP contribution in [-0.4, -0.2) is 96.6 Å². The molecule has 7 rings (SSSR count). The molecule has 1 saturated heterocycles. The molecule has 10 nitrogen and oxygen atoms in total. The van der Waals surface area contributed by atoms with Crippen LogP contribution in [0.2, 0.25) is 0 Å². The van der Waals surface area contributed by atoms with Crippen molar-refractivity contribution in [1.82, 2.24) is 9.80 Å². The zero-order valence-corrected chi connectivity index (χ0v) is 31.2. The van der Waals surface area contributed by atoms with E-state index in [2.05, 4.69) is 23.6 Å². The lowest BCUT2D eigenvalue weighted by molar-refractivity contribution is -0.255. The first-order valence-corrected chi connectivity index (χ1v) is 19.8. The SMILES string of the molecule is C=CCO[C@@]12Oc3ccc(OCCN4CC4)cc3[C@H]3[C@H](CCCCO)[C@@H](CCCCO)C=C(C(=NOCc4ccccc4)C[C@@H]1N(C)C(=O)C1CC1)[C@H]32. The summed E-state index contributed by atoms with van der Waals surface area (Å²) < 4.78 is 20.6. The molecule has 53 heavy (non-hydrogen) atoms. The second-order valence-electron chi connectivity index (χ2n) is 15.4. The van der Waals surface area contributed by atoms with Gasteiger partial charge in [-0.1, -0.05) is 60.5 Å². The molecule has 0 unspecified atom stereocenters. The second-order valence-corrected chi connectivity index (χ2v) is 15.4. The lowest BCUT2D eigenvalue weighted by atomic mass is 9.55. The molecule has 0 radical (unpaired) electrons. The topological polar surface area (TPSA) is 113 Å². The predicted octanol–water partition coefficient (Wildman–Crippen LogP) is 6.08. The van der Waals surface area contributed by atoms with Crippen molar-refractivity contribution in [3.05, 3.63) is 84.0 Å². The van der Waals surface area contributed by atoms with Crippen LogP contribution < -0.4 is 9.47 Å². The van der Waals surface area contributed by atoms with Gasteiger partial charge in [-0.2, -0.15) is 0 Å². The summed E-state index contributed by atoms with van der Waals surface area (Å²) in [5, 5.41) is 24.6. The maximum Gasteiger partial charge on any atom is 0.239 e. The number of aliphatic hydroxyl groups is 2. The van der Waals surface area contributed by atoms with E-state index in [-0.39, 0.29) is 55.3 Å². The molecular weight excluding hydrogens is 670 g/mol. The molecule has 0 spiro atoms. The Labute approximate surface area is 314 Å². The van der Waals surface area contributed by atoms with Gasteiger partial charge < -0.3 is 34.2 Å². The lowest BCUT2D eigenvalue weighted by Gasteiger charge is -2.59. The Bertz CT molecular complexity index is 1620. The summed E-state index contributed by atoms with van der Waals surface area (Å²) in [5.41, 5.74) is 3.95. The number of carbonyl (C=O) groups is 1. The molecule has 10 heteroatoms. The number of fused-ring (bicyclic) bond motifs is 2. The zero-order valence-electron chi connectivity index (χ0n) is 31.2. The highest BCUT2D eigenvalue weighted by Gasteiger charge is 2.65. The van der Waals surface area contributed by atoms with Crippen molar-refractivity contribution >= 4 is 11.6 Å². The van der Waals surface area contributed by atoms with Crippen LogP contribution >= 0.6 is 0 Å². The van der Waals surface area contributed by atoms with Crippen LogP contribution in [0.15, 0.2) is 78.0 Å². The van der Waals surface area contributed by atoms with Crippen LogP contribution in [0.25, 0.3) is 0 Å². The maximum atomic E-state index is 14.0. The standard InChI is InChI=1S/C43H57N3O7/c1-3-24-51-43-39(45(2)42(49)31-15-16-31)28-37(44-52-29-30-11-5-4-6-12-30)35-26-32(13-7-9-22-47)34(14-8-10-23-48)40(41(35)43)36-27-33(17-18-38(36)53-43)50-25-21-46-19-20-46/h3-6,11-12,17-18,26-27,31-32,34,39-41,47-48H,1,7-10,13-16,19-25,28-29H2,2H3/t32-,34+,39-,40+,41+,43+/m0/s1. The first-order chi connectivity index (χ1) is 26.0. The first-order valence-electron chi connectivity index (χ1n) is 19.8. The quantitative estimate of drug-likeness (QED) is 0.0731. The summed E-state index contributed by atoms with van der Waals surface area (Å²) in [5.74, 6) is 0.411. The summed E-state index contributed by atoms with van der Waals surface area (Å²) in [7, 11) is 1.89. The van der Waals surface area contributed by atoms with Gasteiger partial charge in [-0.3, -0.25) is 9.69 Å². The number of ether oxygens (including phenoxy) is 3. The molecule has 5 aliphatic rings. The molecule has 3 aliphatic carbocycles. The number of carbonyl (C=O) groups excluding carboxylic acids is 1. The van der Waals surface area contributed by atoms with E-state index in [1.54, 1.807) is 6.08 Å². The average Bonchev–Trinajstić information content (AvgIpc) is 4.12. The molecule has 0 aromatic heterocycles. The predicted molar refractivity (Wildman–Crippen MR) is 204 cm³/mol. The van der Waals surface area contributed by atoms with Crippen molar-refractivity contribution in [3.63, 3.8) is 0 Å². The average molecular weight is 728 g/mol. The smallest absolute Gasteiger partial charge is 0.239 e. The third-order valence-corrected chi connectivity index (χ3v) is 11.9. The number of hydrogen-bond donors (Lipinski definition) is 2. The zero-order chi connectivity index (χ0) is 36.8. The van der Waals surface area contributed by atoms with Gasteiger partial charge in [0.1, 0.15) is 30.8 Å². The first kappa shape index (κ1) is 37.6. The van der Waals surface area contributed by atoms with Crippen molar-refractivity contribution < 1.29 is 34.1 Å². The van der Waals surface area contributed by atoms with Gasteiger partial charge in [-0.15, -0.1) is 6.58 Å². The molecule has 2 N–H and O–H groups in total. The summed E-state index contributed by atoms with van der Waals surface area (Å²) >= 11 is 0. The summed E-state index contributed by atoms with van der Waals surface area (Å²) in [4.78, 5) is 24.3. The van der Waals surface area contributed by atoms with Crippen LogP contribution in [0.5, 0.6) is 11.5 Å². The van der Waals surface area contributed by atoms with Gasteiger partial charge in [0.15, 0.2) is 0 Å².